The van der Waals surface area contributed by atoms with Gasteiger partial charge in [0.1, 0.15) is 0 Å². The molecule has 0 saturated carbocycles. The van der Waals surface area contributed by atoms with Crippen LogP contribution in [0.25, 0.3) is 0 Å². The minimum atomic E-state index is -0.778. The van der Waals surface area contributed by atoms with Gasteiger partial charge in [0.05, 0.1) is 46.9 Å². The van der Waals surface area contributed by atoms with Crippen molar-refractivity contribution >= 4 is 39.4 Å². The number of carbonyl (C=O) groups excluding carboxylic acids is 1. The largest absolute Gasteiger partial charge is 0.493 e. The third-order valence-corrected chi connectivity index (χ3v) is 5.59. The van der Waals surface area contributed by atoms with Crippen molar-refractivity contribution in [2.75, 3.05) is 20.3 Å². The molecule has 0 heterocycles. The number of carbonyl (C=O) groups is 1. The van der Waals surface area contributed by atoms with Gasteiger partial charge in [-0.3, -0.25) is 25.0 Å². The fraction of sp³-hybridized carbons (Fsp3) is 0.200. The Morgan fingerprint density at radius 1 is 0.949 bits per heavy atom. The second-order valence-electron chi connectivity index (χ2n) is 7.53. The molecule has 0 aliphatic heterocycles. The molecule has 0 radical (unpaired) electrons. The maximum atomic E-state index is 12.5. The van der Waals surface area contributed by atoms with Crippen LogP contribution in [0.5, 0.6) is 28.7 Å². The van der Waals surface area contributed by atoms with E-state index in [2.05, 4.69) is 26.5 Å². The van der Waals surface area contributed by atoms with Crippen molar-refractivity contribution in [3.63, 3.8) is 0 Å². The number of nitrogens with one attached hydrogen (secondary N) is 1. The fourth-order valence-corrected chi connectivity index (χ4v) is 3.84. The Bertz CT molecular complexity index is 1430. The predicted octanol–water partition coefficient (Wildman–Crippen LogP) is 5.63. The van der Waals surface area contributed by atoms with Crippen molar-refractivity contribution in [3.8, 4) is 28.7 Å². The summed E-state index contributed by atoms with van der Waals surface area (Å²) in [4.78, 5) is 33.5. The third kappa shape index (κ3) is 7.19. The highest BCUT2D eigenvalue weighted by atomic mass is 79.9. The number of benzene rings is 3. The van der Waals surface area contributed by atoms with Gasteiger partial charge < -0.3 is 18.9 Å². The number of nitrogens with zero attached hydrogens (tertiary/aromatic N) is 3. The molecule has 0 spiro atoms. The molecular formula is C25H23BrN4O9. The molecule has 0 atom stereocenters. The molecule has 0 bridgehead atoms. The van der Waals surface area contributed by atoms with Gasteiger partial charge in [-0.1, -0.05) is 0 Å². The van der Waals surface area contributed by atoms with Crippen LogP contribution in [0.2, 0.25) is 0 Å². The molecular weight excluding hydrogens is 580 g/mol. The number of hydrazone groups is 1. The molecule has 3 aromatic carbocycles. The lowest BCUT2D eigenvalue weighted by molar-refractivity contribution is -0.394. The summed E-state index contributed by atoms with van der Waals surface area (Å²) < 4.78 is 22.5. The zero-order chi connectivity index (χ0) is 28.5. The summed E-state index contributed by atoms with van der Waals surface area (Å²) in [7, 11) is 1.47. The molecule has 1 N–H and O–H groups in total. The van der Waals surface area contributed by atoms with Crippen LogP contribution >= 0.6 is 15.9 Å². The highest BCUT2D eigenvalue weighted by molar-refractivity contribution is 9.10. The molecule has 13 nitrogen and oxygen atoms in total. The van der Waals surface area contributed by atoms with E-state index in [0.717, 1.165) is 18.2 Å². The summed E-state index contributed by atoms with van der Waals surface area (Å²) in [6.07, 6.45) is 1.37. The number of ether oxygens (including phenoxy) is 4. The Balaban J connectivity index is 1.83. The molecule has 1 amide bonds. The van der Waals surface area contributed by atoms with E-state index in [1.165, 1.54) is 19.4 Å². The summed E-state index contributed by atoms with van der Waals surface area (Å²) in [6, 6.07) is 10.9. The van der Waals surface area contributed by atoms with Gasteiger partial charge >= 0.3 is 5.69 Å². The first-order valence-corrected chi connectivity index (χ1v) is 12.2. The van der Waals surface area contributed by atoms with E-state index < -0.39 is 27.1 Å². The van der Waals surface area contributed by atoms with Gasteiger partial charge in [-0.2, -0.15) is 5.10 Å². The average molecular weight is 603 g/mol. The van der Waals surface area contributed by atoms with Crippen LogP contribution in [-0.4, -0.2) is 42.3 Å². The molecule has 14 heteroatoms. The molecule has 0 unspecified atom stereocenters. The number of nitro groups is 2. The summed E-state index contributed by atoms with van der Waals surface area (Å²) in [5.74, 6) is 0.534. The van der Waals surface area contributed by atoms with Gasteiger partial charge in [-0.25, -0.2) is 5.43 Å². The van der Waals surface area contributed by atoms with Crippen molar-refractivity contribution in [1.29, 1.82) is 0 Å². The minimum absolute atomic E-state index is 0.108. The lowest BCUT2D eigenvalue weighted by Gasteiger charge is -2.14. The van der Waals surface area contributed by atoms with Crippen molar-refractivity contribution in [3.05, 3.63) is 84.4 Å². The van der Waals surface area contributed by atoms with Crippen LogP contribution in [0, 0.1) is 20.2 Å². The van der Waals surface area contributed by atoms with Gasteiger partial charge in [0.25, 0.3) is 11.6 Å². The second-order valence-corrected chi connectivity index (χ2v) is 8.38. The molecule has 0 saturated heterocycles. The Hall–Kier alpha value is -4.72. The molecule has 3 aromatic rings. The maximum Gasteiger partial charge on any atom is 0.318 e. The standard InChI is InChI=1S/C25H23BrN4O9/c1-4-37-21-8-6-16(12-22(21)36-3)25(31)28-27-14-15-10-18(26)24(23(11-15)38-5-2)39-20-9-7-17(29(32)33)13-19(20)30(34)35/h6-14H,4-5H2,1-3H3,(H,28,31)/b27-14+. The van der Waals surface area contributed by atoms with Crippen LogP contribution in [-0.2, 0) is 0 Å². The number of methoxy groups -OCH3 is 1. The van der Waals surface area contributed by atoms with Gasteiger partial charge in [-0.05, 0) is 71.7 Å². The van der Waals surface area contributed by atoms with E-state index in [9.17, 15) is 25.0 Å². The third-order valence-electron chi connectivity index (χ3n) is 5.00. The summed E-state index contributed by atoms with van der Waals surface area (Å²) >= 11 is 3.36. The van der Waals surface area contributed by atoms with Crippen molar-refractivity contribution in [1.82, 2.24) is 5.43 Å². The summed E-state index contributed by atoms with van der Waals surface area (Å²) in [5.41, 5.74) is 2.20. The molecule has 204 valence electrons. The van der Waals surface area contributed by atoms with Crippen molar-refractivity contribution in [2.24, 2.45) is 5.10 Å². The number of nitro benzene ring substituents is 2. The van der Waals surface area contributed by atoms with E-state index in [1.54, 1.807) is 31.2 Å². The van der Waals surface area contributed by atoms with Crippen molar-refractivity contribution in [2.45, 2.75) is 13.8 Å². The molecule has 39 heavy (non-hydrogen) atoms. The Morgan fingerprint density at radius 2 is 1.64 bits per heavy atom. The molecule has 0 fully saturated rings. The molecule has 0 aliphatic carbocycles. The molecule has 0 aliphatic rings. The van der Waals surface area contributed by atoms with E-state index in [-0.39, 0.29) is 23.9 Å². The zero-order valence-corrected chi connectivity index (χ0v) is 22.6. The van der Waals surface area contributed by atoms with Gasteiger partial charge in [-0.15, -0.1) is 0 Å². The quantitative estimate of drug-likeness (QED) is 0.157. The lowest BCUT2D eigenvalue weighted by atomic mass is 10.2. The minimum Gasteiger partial charge on any atom is -0.493 e. The number of hydrogen-bond donors (Lipinski definition) is 1. The molecule has 3 rings (SSSR count). The number of non-ortho nitro benzene ring substituents is 1. The van der Waals surface area contributed by atoms with Crippen LogP contribution in [0.15, 0.2) is 58.1 Å². The second kappa shape index (κ2) is 13.2. The SMILES string of the molecule is CCOc1ccc(C(=O)N/N=C/c2cc(Br)c(Oc3ccc([N+](=O)[O-])cc3[N+](=O)[O-])c(OCC)c2)cc1OC. The maximum absolute atomic E-state index is 12.5. The number of halogens is 1. The smallest absolute Gasteiger partial charge is 0.318 e. The van der Waals surface area contributed by atoms with Crippen LogP contribution in [0.1, 0.15) is 29.8 Å². The van der Waals surface area contributed by atoms with Crippen LogP contribution in [0.3, 0.4) is 0 Å². The normalized spacial score (nSPS) is 10.7. The van der Waals surface area contributed by atoms with E-state index in [0.29, 0.717) is 33.7 Å². The van der Waals surface area contributed by atoms with E-state index in [1.807, 2.05) is 6.92 Å². The number of hydrogen-bond acceptors (Lipinski definition) is 10. The predicted molar refractivity (Wildman–Crippen MR) is 144 cm³/mol. The highest BCUT2D eigenvalue weighted by Gasteiger charge is 2.23. The van der Waals surface area contributed by atoms with Crippen molar-refractivity contribution < 1.29 is 33.6 Å². The first-order valence-electron chi connectivity index (χ1n) is 11.4. The van der Waals surface area contributed by atoms with Crippen LogP contribution < -0.4 is 24.4 Å². The Morgan fingerprint density at radius 3 is 2.28 bits per heavy atom. The number of rotatable bonds is 12. The Kier molecular flexibility index (Phi) is 9.75. The monoisotopic (exact) mass is 602 g/mol. The van der Waals surface area contributed by atoms with E-state index in [4.69, 9.17) is 18.9 Å². The first kappa shape index (κ1) is 28.8. The molecule has 0 aromatic heterocycles. The van der Waals surface area contributed by atoms with Gasteiger partial charge in [0.2, 0.25) is 5.75 Å². The van der Waals surface area contributed by atoms with Gasteiger partial charge in [0.15, 0.2) is 23.0 Å². The number of amides is 1. The summed E-state index contributed by atoms with van der Waals surface area (Å²) in [5, 5.41) is 26.5. The first-order chi connectivity index (χ1) is 18.7. The Labute approximate surface area is 230 Å². The van der Waals surface area contributed by atoms with Gasteiger partial charge in [0, 0.05) is 11.6 Å². The topological polar surface area (TPSA) is 165 Å². The average Bonchev–Trinajstić information content (AvgIpc) is 2.91. The fourth-order valence-electron chi connectivity index (χ4n) is 3.30. The summed E-state index contributed by atoms with van der Waals surface area (Å²) in [6.45, 7) is 4.25. The van der Waals surface area contributed by atoms with Crippen LogP contribution in [0.4, 0.5) is 11.4 Å². The van der Waals surface area contributed by atoms with E-state index >= 15 is 0 Å². The highest BCUT2D eigenvalue weighted by Crippen LogP contribution is 2.42. The zero-order valence-electron chi connectivity index (χ0n) is 21.0. The lowest BCUT2D eigenvalue weighted by Crippen LogP contribution is -2.17.